The number of nitrogens with zero attached hydrogens (tertiary/aromatic N) is 2. The lowest BCUT2D eigenvalue weighted by Gasteiger charge is -2.29. The zero-order valence-electron chi connectivity index (χ0n) is 19.3. The van der Waals surface area contributed by atoms with Crippen molar-refractivity contribution in [1.29, 1.82) is 0 Å². The van der Waals surface area contributed by atoms with Crippen LogP contribution in [0.15, 0.2) is 42.5 Å². The van der Waals surface area contributed by atoms with E-state index in [1.165, 1.54) is 37.3 Å². The number of carbonyl (C=O) groups is 2. The van der Waals surface area contributed by atoms with Crippen molar-refractivity contribution in [2.24, 2.45) is 0 Å². The molecule has 0 radical (unpaired) electrons. The molecule has 6 nitrogen and oxygen atoms in total. The van der Waals surface area contributed by atoms with Crippen molar-refractivity contribution in [3.05, 3.63) is 69.7 Å². The van der Waals surface area contributed by atoms with E-state index in [4.69, 9.17) is 4.74 Å². The van der Waals surface area contributed by atoms with Gasteiger partial charge >= 0.3 is 12.1 Å². The van der Waals surface area contributed by atoms with Gasteiger partial charge in [0.15, 0.2) is 5.60 Å². The normalized spacial score (nSPS) is 14.1. The van der Waals surface area contributed by atoms with Gasteiger partial charge in [0.1, 0.15) is 10.8 Å². The summed E-state index contributed by atoms with van der Waals surface area (Å²) in [6.07, 6.45) is -3.77. The van der Waals surface area contributed by atoms with Crippen LogP contribution >= 0.6 is 11.3 Å². The fraction of sp³-hybridized carbons (Fsp3) is 0.320. The van der Waals surface area contributed by atoms with Crippen LogP contribution < -0.4 is 4.74 Å². The average Bonchev–Trinajstić information content (AvgIpc) is 3.15. The van der Waals surface area contributed by atoms with Gasteiger partial charge in [0.05, 0.1) is 17.8 Å². The summed E-state index contributed by atoms with van der Waals surface area (Å²) >= 11 is 1.34. The zero-order valence-corrected chi connectivity index (χ0v) is 20.1. The summed E-state index contributed by atoms with van der Waals surface area (Å²) in [5.41, 5.74) is 0.445. The van der Waals surface area contributed by atoms with Gasteiger partial charge in [-0.25, -0.2) is 9.78 Å². The van der Waals surface area contributed by atoms with Gasteiger partial charge in [0, 0.05) is 22.5 Å². The summed E-state index contributed by atoms with van der Waals surface area (Å²) in [4.78, 5) is 31.6. The van der Waals surface area contributed by atoms with Crippen LogP contribution in [0.2, 0.25) is 0 Å². The van der Waals surface area contributed by atoms with E-state index in [1.54, 1.807) is 23.1 Å². The number of benzene rings is 2. The first-order chi connectivity index (χ1) is 16.3. The highest BCUT2D eigenvalue weighted by Gasteiger charge is 2.32. The van der Waals surface area contributed by atoms with Crippen LogP contribution in [0.1, 0.15) is 45.9 Å². The van der Waals surface area contributed by atoms with E-state index in [0.717, 1.165) is 22.6 Å². The lowest BCUT2D eigenvalue weighted by Crippen LogP contribution is -2.39. The first kappa shape index (κ1) is 24.7. The van der Waals surface area contributed by atoms with Crippen LogP contribution in [-0.4, -0.2) is 39.0 Å². The monoisotopic (exact) mass is 504 g/mol. The smallest absolute Gasteiger partial charge is 0.416 e. The molecule has 0 saturated heterocycles. The Kier molecular flexibility index (Phi) is 6.35. The van der Waals surface area contributed by atoms with Crippen molar-refractivity contribution in [2.75, 3.05) is 6.54 Å². The molecule has 4 rings (SSSR count). The number of hydrogen-bond donors (Lipinski definition) is 1. The van der Waals surface area contributed by atoms with Gasteiger partial charge in [-0.2, -0.15) is 13.2 Å². The van der Waals surface area contributed by atoms with Crippen molar-refractivity contribution in [1.82, 2.24) is 9.88 Å². The molecule has 0 bridgehead atoms. The van der Waals surface area contributed by atoms with Gasteiger partial charge in [-0.1, -0.05) is 18.2 Å². The Bertz CT molecular complexity index is 1280. The van der Waals surface area contributed by atoms with Gasteiger partial charge in [-0.3, -0.25) is 4.79 Å². The second-order valence-corrected chi connectivity index (χ2v) is 9.90. The van der Waals surface area contributed by atoms with Crippen molar-refractivity contribution < 1.29 is 32.6 Å². The first-order valence-electron chi connectivity index (χ1n) is 10.8. The maximum absolute atomic E-state index is 13.2. The van der Waals surface area contributed by atoms with E-state index in [1.807, 2.05) is 6.92 Å². The molecule has 0 fully saturated rings. The van der Waals surface area contributed by atoms with Gasteiger partial charge in [0.2, 0.25) is 0 Å². The van der Waals surface area contributed by atoms with Gasteiger partial charge in [-0.15, -0.1) is 11.3 Å². The maximum atomic E-state index is 13.2. The van der Waals surface area contributed by atoms with E-state index < -0.39 is 23.3 Å². The number of alkyl halides is 3. The van der Waals surface area contributed by atoms with Crippen molar-refractivity contribution >= 4 is 23.2 Å². The van der Waals surface area contributed by atoms with Crippen LogP contribution in [0.5, 0.6) is 5.75 Å². The van der Waals surface area contributed by atoms with Gasteiger partial charge in [0.25, 0.3) is 5.91 Å². The Morgan fingerprint density at radius 1 is 1.17 bits per heavy atom. The number of aromatic nitrogens is 1. The summed E-state index contributed by atoms with van der Waals surface area (Å²) in [6, 6.07) is 9.86. The third-order valence-electron chi connectivity index (χ3n) is 5.82. The quantitative estimate of drug-likeness (QED) is 0.474. The van der Waals surface area contributed by atoms with Crippen LogP contribution in [0.3, 0.4) is 0 Å². The third kappa shape index (κ3) is 5.17. The molecule has 184 valence electrons. The number of fused-ring (bicyclic) bond motifs is 1. The predicted molar refractivity (Wildman–Crippen MR) is 125 cm³/mol. The fourth-order valence-electron chi connectivity index (χ4n) is 3.73. The minimum absolute atomic E-state index is 0.200. The minimum Gasteiger partial charge on any atom is -0.478 e. The van der Waals surface area contributed by atoms with E-state index in [2.05, 4.69) is 4.98 Å². The molecule has 2 aromatic carbocycles. The average molecular weight is 505 g/mol. The predicted octanol–water partition coefficient (Wildman–Crippen LogP) is 5.58. The van der Waals surface area contributed by atoms with Gasteiger partial charge in [-0.05, 0) is 57.0 Å². The van der Waals surface area contributed by atoms with Crippen molar-refractivity contribution in [3.63, 3.8) is 0 Å². The number of halogens is 3. The summed E-state index contributed by atoms with van der Waals surface area (Å²) in [5.74, 6) is -1.02. The van der Waals surface area contributed by atoms with E-state index in [9.17, 15) is 27.9 Å². The molecular weight excluding hydrogens is 481 g/mol. The van der Waals surface area contributed by atoms with Gasteiger partial charge < -0.3 is 14.7 Å². The molecule has 0 unspecified atom stereocenters. The molecule has 0 atom stereocenters. The number of carboxylic acids is 1. The van der Waals surface area contributed by atoms with Crippen molar-refractivity contribution in [3.8, 4) is 16.3 Å². The second-order valence-electron chi connectivity index (χ2n) is 8.82. The Morgan fingerprint density at radius 3 is 2.49 bits per heavy atom. The Morgan fingerprint density at radius 2 is 1.86 bits per heavy atom. The molecule has 0 saturated carbocycles. The fourth-order valence-corrected chi connectivity index (χ4v) is 4.81. The lowest BCUT2D eigenvalue weighted by atomic mass is 9.98. The van der Waals surface area contributed by atoms with Crippen LogP contribution in [0, 0.1) is 6.92 Å². The number of carboxylic acid groups (broad SMARTS) is 1. The van der Waals surface area contributed by atoms with Crippen LogP contribution in [-0.2, 0) is 23.9 Å². The highest BCUT2D eigenvalue weighted by Crippen LogP contribution is 2.34. The molecule has 1 amide bonds. The number of rotatable bonds is 6. The summed E-state index contributed by atoms with van der Waals surface area (Å²) < 4.78 is 44.1. The number of hydrogen-bond acceptors (Lipinski definition) is 5. The largest absolute Gasteiger partial charge is 0.478 e. The minimum atomic E-state index is -4.40. The van der Waals surface area contributed by atoms with Crippen molar-refractivity contribution in [2.45, 2.75) is 45.5 Å². The standard InChI is InChI=1S/C25H23F3N2O4S/c1-14-20(35-21(29-14)16-4-7-17(8-5-16)25(26,27)28)13-30-11-10-15-6-9-18(12-19(15)22(30)31)34-24(2,3)23(32)33/h4-9,12H,10-11,13H2,1-3H3,(H,32,33). The Hall–Kier alpha value is -3.40. The molecular formula is C25H23F3N2O4S. The molecule has 10 heteroatoms. The SMILES string of the molecule is Cc1nc(-c2ccc(C(F)(F)F)cc2)sc1CN1CCc2ccc(OC(C)(C)C(=O)O)cc2C1=O. The van der Waals surface area contributed by atoms with Crippen LogP contribution in [0.25, 0.3) is 10.6 Å². The topological polar surface area (TPSA) is 79.7 Å². The molecule has 0 spiro atoms. The molecule has 1 aliphatic heterocycles. The van der Waals surface area contributed by atoms with Crippen LogP contribution in [0.4, 0.5) is 13.2 Å². The molecule has 0 aliphatic carbocycles. The maximum Gasteiger partial charge on any atom is 0.416 e. The summed E-state index contributed by atoms with van der Waals surface area (Å²) in [5, 5.41) is 9.89. The zero-order chi connectivity index (χ0) is 25.5. The molecule has 1 aliphatic rings. The molecule has 1 N–H and O–H groups in total. The van der Waals surface area contributed by atoms with E-state index >= 15 is 0 Å². The highest BCUT2D eigenvalue weighted by atomic mass is 32.1. The Balaban J connectivity index is 1.53. The second kappa shape index (κ2) is 8.99. The summed E-state index contributed by atoms with van der Waals surface area (Å²) in [6.45, 7) is 5.49. The molecule has 35 heavy (non-hydrogen) atoms. The number of carbonyl (C=O) groups excluding carboxylic acids is 1. The number of thiazole rings is 1. The van der Waals surface area contributed by atoms with E-state index in [-0.39, 0.29) is 5.91 Å². The number of aliphatic carboxylic acids is 1. The lowest BCUT2D eigenvalue weighted by molar-refractivity contribution is -0.152. The first-order valence-corrected chi connectivity index (χ1v) is 11.7. The third-order valence-corrected chi connectivity index (χ3v) is 7.02. The number of amides is 1. The number of aryl methyl sites for hydroxylation is 1. The number of ether oxygens (including phenoxy) is 1. The molecule has 1 aromatic heterocycles. The van der Waals surface area contributed by atoms with E-state index in [0.29, 0.717) is 47.1 Å². The highest BCUT2D eigenvalue weighted by molar-refractivity contribution is 7.15. The molecule has 3 aromatic rings. The summed E-state index contributed by atoms with van der Waals surface area (Å²) in [7, 11) is 0. The molecule has 2 heterocycles. The Labute approximate surface area is 204 Å².